The summed E-state index contributed by atoms with van der Waals surface area (Å²) in [5.74, 6) is 2.73. The van der Waals surface area contributed by atoms with Crippen LogP contribution in [0.5, 0.6) is 28.7 Å². The van der Waals surface area contributed by atoms with Gasteiger partial charge in [-0.3, -0.25) is 4.79 Å². The van der Waals surface area contributed by atoms with E-state index in [1.165, 1.54) is 0 Å². The Morgan fingerprint density at radius 2 is 1.27 bits per heavy atom. The van der Waals surface area contributed by atoms with Crippen LogP contribution in [0.1, 0.15) is 33.8 Å². The zero-order chi connectivity index (χ0) is 18.8. The van der Waals surface area contributed by atoms with E-state index in [2.05, 4.69) is 0 Å². The van der Waals surface area contributed by atoms with Crippen molar-refractivity contribution in [2.45, 2.75) is 12.3 Å². The number of Topliss-reactive ketones (excluding diaryl/α,β-unsaturated/α-hetero) is 1. The minimum absolute atomic E-state index is 0.0692. The number of hydrogen-bond donors (Lipinski definition) is 0. The Morgan fingerprint density at radius 3 is 1.77 bits per heavy atom. The highest BCUT2D eigenvalue weighted by molar-refractivity contribution is 6.02. The Labute approximate surface area is 152 Å². The largest absolute Gasteiger partial charge is 0.493 e. The van der Waals surface area contributed by atoms with Crippen molar-refractivity contribution in [2.75, 3.05) is 35.5 Å². The van der Waals surface area contributed by atoms with Crippen molar-refractivity contribution in [3.05, 3.63) is 41.0 Å². The molecule has 1 aliphatic carbocycles. The molecule has 0 amide bonds. The Hall–Kier alpha value is -2.89. The molecular weight excluding hydrogens is 336 g/mol. The second-order valence-electron chi connectivity index (χ2n) is 5.93. The van der Waals surface area contributed by atoms with Gasteiger partial charge in [0.2, 0.25) is 5.75 Å². The fourth-order valence-corrected chi connectivity index (χ4v) is 3.43. The molecule has 26 heavy (non-hydrogen) atoms. The molecule has 6 nitrogen and oxygen atoms in total. The lowest BCUT2D eigenvalue weighted by atomic mass is 9.92. The van der Waals surface area contributed by atoms with E-state index in [1.807, 2.05) is 18.2 Å². The maximum Gasteiger partial charge on any atom is 0.203 e. The zero-order valence-corrected chi connectivity index (χ0v) is 15.5. The van der Waals surface area contributed by atoms with E-state index in [4.69, 9.17) is 23.7 Å². The fourth-order valence-electron chi connectivity index (χ4n) is 3.43. The highest BCUT2D eigenvalue weighted by Crippen LogP contribution is 2.47. The third-order valence-electron chi connectivity index (χ3n) is 4.71. The van der Waals surface area contributed by atoms with Crippen LogP contribution < -0.4 is 23.7 Å². The highest BCUT2D eigenvalue weighted by Gasteiger charge is 2.33. The van der Waals surface area contributed by atoms with E-state index in [9.17, 15) is 4.79 Å². The molecular formula is C20H22O6. The lowest BCUT2D eigenvalue weighted by Crippen LogP contribution is -2.02. The van der Waals surface area contributed by atoms with Crippen LogP contribution in [0.4, 0.5) is 0 Å². The minimum Gasteiger partial charge on any atom is -0.493 e. The fraction of sp³-hybridized carbons (Fsp3) is 0.350. The van der Waals surface area contributed by atoms with Crippen LogP contribution in [0.3, 0.4) is 0 Å². The van der Waals surface area contributed by atoms with E-state index in [0.717, 1.165) is 11.1 Å². The number of methoxy groups -OCH3 is 5. The summed E-state index contributed by atoms with van der Waals surface area (Å²) < 4.78 is 27.0. The van der Waals surface area contributed by atoms with Crippen LogP contribution in [0.25, 0.3) is 0 Å². The normalized spacial score (nSPS) is 15.4. The van der Waals surface area contributed by atoms with Gasteiger partial charge >= 0.3 is 0 Å². The first-order valence-electron chi connectivity index (χ1n) is 8.16. The van der Waals surface area contributed by atoms with Gasteiger partial charge in [-0.15, -0.1) is 0 Å². The number of hydrogen-bond acceptors (Lipinski definition) is 6. The Morgan fingerprint density at radius 1 is 0.731 bits per heavy atom. The van der Waals surface area contributed by atoms with E-state index in [0.29, 0.717) is 40.7 Å². The Balaban J connectivity index is 2.15. The molecule has 0 aliphatic heterocycles. The average molecular weight is 358 g/mol. The van der Waals surface area contributed by atoms with Crippen molar-refractivity contribution in [1.29, 1.82) is 0 Å². The summed E-state index contributed by atoms with van der Waals surface area (Å²) >= 11 is 0. The molecule has 1 atom stereocenters. The van der Waals surface area contributed by atoms with Crippen LogP contribution in [0.2, 0.25) is 0 Å². The molecule has 0 fully saturated rings. The Kier molecular flexibility index (Phi) is 4.93. The molecule has 0 bridgehead atoms. The topological polar surface area (TPSA) is 63.2 Å². The van der Waals surface area contributed by atoms with E-state index >= 15 is 0 Å². The van der Waals surface area contributed by atoms with Crippen LogP contribution in [-0.4, -0.2) is 41.3 Å². The molecule has 1 unspecified atom stereocenters. The number of rotatable bonds is 6. The first kappa shape index (κ1) is 17.9. The van der Waals surface area contributed by atoms with Gasteiger partial charge < -0.3 is 23.7 Å². The molecule has 0 aromatic heterocycles. The van der Waals surface area contributed by atoms with Crippen molar-refractivity contribution in [3.63, 3.8) is 0 Å². The smallest absolute Gasteiger partial charge is 0.203 e. The van der Waals surface area contributed by atoms with Crippen LogP contribution in [0.15, 0.2) is 24.3 Å². The predicted molar refractivity (Wildman–Crippen MR) is 96.4 cm³/mol. The number of carbonyl (C=O) groups is 1. The number of carbonyl (C=O) groups excluding carboxylic acids is 1. The molecule has 138 valence electrons. The summed E-state index contributed by atoms with van der Waals surface area (Å²) in [6, 6.07) is 7.37. The van der Waals surface area contributed by atoms with Crippen molar-refractivity contribution in [3.8, 4) is 28.7 Å². The lowest BCUT2D eigenvalue weighted by molar-refractivity contribution is 0.0991. The summed E-state index contributed by atoms with van der Waals surface area (Å²) in [5.41, 5.74) is 2.47. The van der Waals surface area contributed by atoms with Gasteiger partial charge in [0.05, 0.1) is 35.5 Å². The SMILES string of the molecule is COc1cc2c(cc1OC)C(c1cc(OC)c(OC)c(OC)c1)CC2=O. The molecule has 1 aliphatic rings. The summed E-state index contributed by atoms with van der Waals surface area (Å²) in [6.07, 6.45) is 0.365. The van der Waals surface area contributed by atoms with Crippen molar-refractivity contribution in [1.82, 2.24) is 0 Å². The standard InChI is InChI=1S/C20H22O6/c1-22-16-9-13-12(8-15(21)14(13)10-17(16)23-2)11-6-18(24-3)20(26-5)19(7-11)25-4/h6-7,9-10,12H,8H2,1-5H3. The number of ketones is 1. The van der Waals surface area contributed by atoms with Crippen molar-refractivity contribution < 1.29 is 28.5 Å². The molecule has 0 N–H and O–H groups in total. The maximum absolute atomic E-state index is 12.6. The van der Waals surface area contributed by atoms with Crippen molar-refractivity contribution in [2.24, 2.45) is 0 Å². The molecule has 0 spiro atoms. The zero-order valence-electron chi connectivity index (χ0n) is 15.5. The highest BCUT2D eigenvalue weighted by atomic mass is 16.5. The molecule has 2 aromatic carbocycles. The molecule has 6 heteroatoms. The molecule has 0 saturated carbocycles. The number of ether oxygens (including phenoxy) is 5. The summed E-state index contributed by atoms with van der Waals surface area (Å²) in [7, 11) is 7.84. The van der Waals surface area contributed by atoms with E-state index in [1.54, 1.807) is 41.6 Å². The van der Waals surface area contributed by atoms with Crippen molar-refractivity contribution >= 4 is 5.78 Å². The predicted octanol–water partition coefficient (Wildman–Crippen LogP) is 3.45. The first-order valence-corrected chi connectivity index (χ1v) is 8.16. The summed E-state index contributed by atoms with van der Waals surface area (Å²) in [6.45, 7) is 0. The molecule has 0 radical (unpaired) electrons. The van der Waals surface area contributed by atoms with Gasteiger partial charge in [0, 0.05) is 17.9 Å². The maximum atomic E-state index is 12.6. The van der Waals surface area contributed by atoms with Gasteiger partial charge in [0.25, 0.3) is 0 Å². The third kappa shape index (κ3) is 2.81. The molecule has 0 heterocycles. The van der Waals surface area contributed by atoms with Gasteiger partial charge in [0.1, 0.15) is 0 Å². The van der Waals surface area contributed by atoms with Gasteiger partial charge in [0.15, 0.2) is 28.8 Å². The lowest BCUT2D eigenvalue weighted by Gasteiger charge is -2.18. The minimum atomic E-state index is -0.119. The summed E-state index contributed by atoms with van der Waals surface area (Å²) in [4.78, 5) is 12.6. The van der Waals surface area contributed by atoms with Crippen LogP contribution >= 0.6 is 0 Å². The average Bonchev–Trinajstić information content (AvgIpc) is 3.01. The van der Waals surface area contributed by atoms with E-state index in [-0.39, 0.29) is 11.7 Å². The van der Waals surface area contributed by atoms with E-state index < -0.39 is 0 Å². The van der Waals surface area contributed by atoms with Gasteiger partial charge in [-0.05, 0) is 35.4 Å². The second-order valence-corrected chi connectivity index (χ2v) is 5.93. The summed E-state index contributed by atoms with van der Waals surface area (Å²) in [5, 5.41) is 0. The van der Waals surface area contributed by atoms with Gasteiger partial charge in [-0.25, -0.2) is 0 Å². The molecule has 3 rings (SSSR count). The second kappa shape index (κ2) is 7.15. The van der Waals surface area contributed by atoms with Gasteiger partial charge in [-0.1, -0.05) is 0 Å². The Bertz CT molecular complexity index is 817. The number of benzene rings is 2. The molecule has 0 saturated heterocycles. The first-order chi connectivity index (χ1) is 12.6. The van der Waals surface area contributed by atoms with Gasteiger partial charge in [-0.2, -0.15) is 0 Å². The quantitative estimate of drug-likeness (QED) is 0.788. The third-order valence-corrected chi connectivity index (χ3v) is 4.71. The van der Waals surface area contributed by atoms with Crippen LogP contribution in [0, 0.1) is 0 Å². The molecule has 2 aromatic rings. The number of fused-ring (bicyclic) bond motifs is 1. The monoisotopic (exact) mass is 358 g/mol. The van der Waals surface area contributed by atoms with Crippen LogP contribution in [-0.2, 0) is 0 Å².